The largest absolute Gasteiger partial charge is 0.469 e. The molecule has 154 valence electrons. The maximum Gasteiger partial charge on any atom is 0.307 e. The average Bonchev–Trinajstić information content (AvgIpc) is 3.37. The number of aromatic nitrogens is 1. The predicted octanol–water partition coefficient (Wildman–Crippen LogP) is 4.02. The normalized spacial score (nSPS) is 18.3. The fraction of sp³-hybridized carbons (Fsp3) is 0.227. The van der Waals surface area contributed by atoms with E-state index in [0.29, 0.717) is 23.2 Å². The number of hydrogen-bond donors (Lipinski definition) is 1. The Morgan fingerprint density at radius 3 is 2.73 bits per heavy atom. The summed E-state index contributed by atoms with van der Waals surface area (Å²) in [6, 6.07) is 15.0. The number of hydrogen-bond acceptors (Lipinski definition) is 5. The second kappa shape index (κ2) is 8.62. The minimum atomic E-state index is -0.315. The van der Waals surface area contributed by atoms with E-state index in [-0.39, 0.29) is 30.3 Å². The van der Waals surface area contributed by atoms with Crippen molar-refractivity contribution >= 4 is 23.3 Å². The van der Waals surface area contributed by atoms with Crippen molar-refractivity contribution in [2.45, 2.75) is 18.5 Å². The summed E-state index contributed by atoms with van der Waals surface area (Å²) in [4.78, 5) is 18.1. The van der Waals surface area contributed by atoms with Crippen LogP contribution in [0, 0.1) is 5.82 Å². The van der Waals surface area contributed by atoms with Gasteiger partial charge in [-0.05, 0) is 60.7 Å². The van der Waals surface area contributed by atoms with Crippen LogP contribution in [0.2, 0.25) is 0 Å². The molecule has 0 amide bonds. The van der Waals surface area contributed by atoms with E-state index >= 15 is 0 Å². The lowest BCUT2D eigenvalue weighted by Gasteiger charge is -2.25. The van der Waals surface area contributed by atoms with Crippen molar-refractivity contribution in [1.82, 2.24) is 15.2 Å². The number of benzene rings is 1. The molecule has 0 spiro atoms. The molecular formula is C22H20FN3O3S. The van der Waals surface area contributed by atoms with E-state index in [1.54, 1.807) is 18.3 Å². The van der Waals surface area contributed by atoms with Crippen molar-refractivity contribution in [2.24, 2.45) is 0 Å². The summed E-state index contributed by atoms with van der Waals surface area (Å²) in [6.07, 6.45) is 1.91. The van der Waals surface area contributed by atoms with Crippen LogP contribution in [0.5, 0.6) is 0 Å². The topological polar surface area (TPSA) is 67.6 Å². The molecule has 2 aromatic heterocycles. The van der Waals surface area contributed by atoms with Crippen LogP contribution in [0.1, 0.15) is 30.0 Å². The number of ether oxygens (including phenoxy) is 1. The molecule has 8 heteroatoms. The lowest BCUT2D eigenvalue weighted by Crippen LogP contribution is -2.31. The third kappa shape index (κ3) is 4.04. The van der Waals surface area contributed by atoms with Crippen LogP contribution < -0.4 is 5.32 Å². The molecule has 1 aliphatic rings. The lowest BCUT2D eigenvalue weighted by atomic mass is 10.0. The van der Waals surface area contributed by atoms with E-state index in [0.717, 1.165) is 11.3 Å². The van der Waals surface area contributed by atoms with Crippen LogP contribution in [-0.2, 0) is 9.53 Å². The van der Waals surface area contributed by atoms with Gasteiger partial charge in [-0.3, -0.25) is 9.78 Å². The molecule has 2 atom stereocenters. The standard InChI is InChI=1S/C22H20FN3O3S/c1-28-19(27)11-13-26-21(20(25-22(26)30)16-4-2-3-12-24-16)18-10-9-17(29-18)14-5-7-15(23)8-6-14/h2-10,12,20-21H,11,13H2,1H3,(H,25,30)/t20-,21-/m1/s1. The molecule has 1 saturated heterocycles. The second-order valence-electron chi connectivity index (χ2n) is 6.86. The molecule has 0 saturated carbocycles. The van der Waals surface area contributed by atoms with Gasteiger partial charge in [-0.1, -0.05) is 6.07 Å². The van der Waals surface area contributed by atoms with E-state index < -0.39 is 0 Å². The van der Waals surface area contributed by atoms with E-state index in [4.69, 9.17) is 21.4 Å². The van der Waals surface area contributed by atoms with Crippen LogP contribution in [0.3, 0.4) is 0 Å². The zero-order chi connectivity index (χ0) is 21.1. The number of carbonyl (C=O) groups is 1. The summed E-state index contributed by atoms with van der Waals surface area (Å²) in [5, 5.41) is 3.81. The Morgan fingerprint density at radius 1 is 1.23 bits per heavy atom. The summed E-state index contributed by atoms with van der Waals surface area (Å²) in [7, 11) is 1.36. The molecule has 1 fully saturated rings. The molecule has 4 rings (SSSR count). The number of esters is 1. The number of methoxy groups -OCH3 is 1. The molecule has 3 heterocycles. The maximum atomic E-state index is 13.3. The maximum absolute atomic E-state index is 13.3. The number of furan rings is 1. The minimum absolute atomic E-state index is 0.190. The van der Waals surface area contributed by atoms with Gasteiger partial charge in [-0.25, -0.2) is 4.39 Å². The first-order chi connectivity index (χ1) is 14.6. The van der Waals surface area contributed by atoms with Crippen LogP contribution in [0.15, 0.2) is 65.2 Å². The van der Waals surface area contributed by atoms with Crippen molar-refractivity contribution in [3.05, 3.63) is 78.1 Å². The smallest absolute Gasteiger partial charge is 0.307 e. The Balaban J connectivity index is 1.68. The molecule has 30 heavy (non-hydrogen) atoms. The Hall–Kier alpha value is -3.26. The highest BCUT2D eigenvalue weighted by atomic mass is 32.1. The molecule has 0 aliphatic carbocycles. The summed E-state index contributed by atoms with van der Waals surface area (Å²) < 4.78 is 24.2. The first-order valence-electron chi connectivity index (χ1n) is 9.47. The van der Waals surface area contributed by atoms with Crippen LogP contribution in [0.25, 0.3) is 11.3 Å². The van der Waals surface area contributed by atoms with Gasteiger partial charge in [0, 0.05) is 18.3 Å². The van der Waals surface area contributed by atoms with Crippen LogP contribution in [-0.4, -0.2) is 34.6 Å². The van der Waals surface area contributed by atoms with Crippen LogP contribution in [0.4, 0.5) is 4.39 Å². The SMILES string of the molecule is COC(=O)CCN1C(=S)N[C@H](c2ccccn2)[C@H]1c1ccc(-c2ccc(F)cc2)o1. The molecule has 0 unspecified atom stereocenters. The van der Waals surface area contributed by atoms with E-state index in [1.165, 1.54) is 19.2 Å². The summed E-state index contributed by atoms with van der Waals surface area (Å²) in [6.45, 7) is 0.374. The third-order valence-corrected chi connectivity index (χ3v) is 5.38. The van der Waals surface area contributed by atoms with E-state index in [2.05, 4.69) is 10.3 Å². The first kappa shape index (κ1) is 20.0. The molecule has 1 aromatic carbocycles. The highest BCUT2D eigenvalue weighted by molar-refractivity contribution is 7.80. The van der Waals surface area contributed by atoms with Crippen molar-refractivity contribution in [3.8, 4) is 11.3 Å². The quantitative estimate of drug-likeness (QED) is 0.473. The molecule has 1 aliphatic heterocycles. The molecule has 6 nitrogen and oxygen atoms in total. The zero-order valence-electron chi connectivity index (χ0n) is 16.2. The van der Waals surface area contributed by atoms with Gasteiger partial charge < -0.3 is 19.4 Å². The third-order valence-electron chi connectivity index (χ3n) is 5.03. The molecule has 3 aromatic rings. The zero-order valence-corrected chi connectivity index (χ0v) is 17.1. The highest BCUT2D eigenvalue weighted by Crippen LogP contribution is 2.40. The fourth-order valence-corrected chi connectivity index (χ4v) is 3.88. The summed E-state index contributed by atoms with van der Waals surface area (Å²) >= 11 is 5.55. The van der Waals surface area contributed by atoms with Gasteiger partial charge in [0.2, 0.25) is 0 Å². The number of carbonyl (C=O) groups excluding carboxylic acids is 1. The van der Waals surface area contributed by atoms with Gasteiger partial charge >= 0.3 is 5.97 Å². The van der Waals surface area contributed by atoms with Crippen molar-refractivity contribution in [2.75, 3.05) is 13.7 Å². The number of nitrogens with one attached hydrogen (secondary N) is 1. The molecule has 1 N–H and O–H groups in total. The number of rotatable bonds is 6. The van der Waals surface area contributed by atoms with E-state index in [1.807, 2.05) is 35.2 Å². The Bertz CT molecular complexity index is 1040. The van der Waals surface area contributed by atoms with E-state index in [9.17, 15) is 9.18 Å². The second-order valence-corrected chi connectivity index (χ2v) is 7.24. The number of halogens is 1. The monoisotopic (exact) mass is 425 g/mol. The average molecular weight is 425 g/mol. The van der Waals surface area contributed by atoms with Gasteiger partial charge in [0.05, 0.1) is 25.3 Å². The summed E-state index contributed by atoms with van der Waals surface area (Å²) in [5.41, 5.74) is 1.58. The van der Waals surface area contributed by atoms with Crippen molar-refractivity contribution in [1.29, 1.82) is 0 Å². The number of nitrogens with zero attached hydrogens (tertiary/aromatic N) is 2. The number of thiocarbonyl (C=S) groups is 1. The van der Waals surface area contributed by atoms with Crippen molar-refractivity contribution < 1.29 is 18.3 Å². The van der Waals surface area contributed by atoms with Gasteiger partial charge in [0.15, 0.2) is 5.11 Å². The molecule has 0 bridgehead atoms. The van der Waals surface area contributed by atoms with Gasteiger partial charge in [-0.15, -0.1) is 0 Å². The van der Waals surface area contributed by atoms with Gasteiger partial charge in [-0.2, -0.15) is 0 Å². The lowest BCUT2D eigenvalue weighted by molar-refractivity contribution is -0.140. The first-order valence-corrected chi connectivity index (χ1v) is 9.88. The minimum Gasteiger partial charge on any atom is -0.469 e. The highest BCUT2D eigenvalue weighted by Gasteiger charge is 2.41. The predicted molar refractivity (Wildman–Crippen MR) is 113 cm³/mol. The van der Waals surface area contributed by atoms with Gasteiger partial charge in [0.25, 0.3) is 0 Å². The molecular weight excluding hydrogens is 405 g/mol. The Labute approximate surface area is 178 Å². The fourth-order valence-electron chi connectivity index (χ4n) is 3.55. The number of pyridine rings is 1. The Morgan fingerprint density at radius 2 is 2.03 bits per heavy atom. The molecule has 0 radical (unpaired) electrons. The Kier molecular flexibility index (Phi) is 5.76. The van der Waals surface area contributed by atoms with Crippen LogP contribution >= 0.6 is 12.2 Å². The van der Waals surface area contributed by atoms with Gasteiger partial charge in [0.1, 0.15) is 23.4 Å². The summed E-state index contributed by atoms with van der Waals surface area (Å²) in [5.74, 6) is 0.669. The van der Waals surface area contributed by atoms with Crippen molar-refractivity contribution in [3.63, 3.8) is 0 Å².